The Labute approximate surface area is 179 Å². The molecule has 164 valence electrons. The summed E-state index contributed by atoms with van der Waals surface area (Å²) in [5.74, 6) is -1.15. The van der Waals surface area contributed by atoms with Crippen molar-refractivity contribution in [3.63, 3.8) is 0 Å². The SMILES string of the molecule is CN(C(=O)c1cc2c(cc1F)nc(N)c1cncn12)C1CCc2cc(C(F)(F)F)ccc21. The topological polar surface area (TPSA) is 76.5 Å². The van der Waals surface area contributed by atoms with E-state index in [0.29, 0.717) is 35.0 Å². The van der Waals surface area contributed by atoms with Crippen LogP contribution < -0.4 is 5.73 Å². The third-order valence-corrected chi connectivity index (χ3v) is 6.00. The first-order chi connectivity index (χ1) is 15.1. The van der Waals surface area contributed by atoms with Gasteiger partial charge in [-0.05, 0) is 42.2 Å². The predicted molar refractivity (Wildman–Crippen MR) is 109 cm³/mol. The highest BCUT2D eigenvalue weighted by Crippen LogP contribution is 2.39. The molecule has 0 aliphatic heterocycles. The first kappa shape index (κ1) is 20.2. The maximum absolute atomic E-state index is 14.9. The van der Waals surface area contributed by atoms with E-state index in [1.54, 1.807) is 4.40 Å². The fourth-order valence-corrected chi connectivity index (χ4v) is 4.37. The number of fused-ring (bicyclic) bond motifs is 4. The number of rotatable bonds is 2. The molecule has 1 atom stereocenters. The van der Waals surface area contributed by atoms with Gasteiger partial charge in [0.05, 0.1) is 40.7 Å². The molecule has 1 amide bonds. The van der Waals surface area contributed by atoms with Crippen LogP contribution in [0.3, 0.4) is 0 Å². The number of alkyl halides is 3. The van der Waals surface area contributed by atoms with E-state index < -0.39 is 29.5 Å². The molecule has 1 aliphatic rings. The summed E-state index contributed by atoms with van der Waals surface area (Å²) >= 11 is 0. The maximum atomic E-state index is 14.9. The van der Waals surface area contributed by atoms with Crippen molar-refractivity contribution in [3.8, 4) is 0 Å². The molecule has 0 saturated heterocycles. The number of anilines is 1. The number of aromatic nitrogens is 3. The van der Waals surface area contributed by atoms with E-state index in [2.05, 4.69) is 9.97 Å². The molecular weight excluding hydrogens is 426 g/mol. The molecule has 0 spiro atoms. The van der Waals surface area contributed by atoms with Gasteiger partial charge in [0, 0.05) is 13.1 Å². The number of carbonyl (C=O) groups is 1. The number of hydrogen-bond donors (Lipinski definition) is 1. The zero-order chi connectivity index (χ0) is 22.8. The zero-order valence-corrected chi connectivity index (χ0v) is 16.8. The number of nitrogen functional groups attached to an aromatic ring is 1. The third kappa shape index (κ3) is 3.05. The van der Waals surface area contributed by atoms with Crippen LogP contribution in [0.4, 0.5) is 23.4 Å². The molecule has 2 aromatic heterocycles. The quantitative estimate of drug-likeness (QED) is 0.467. The van der Waals surface area contributed by atoms with Gasteiger partial charge in [-0.2, -0.15) is 13.2 Å². The molecule has 10 heteroatoms. The number of benzene rings is 2. The number of halogens is 4. The van der Waals surface area contributed by atoms with Crippen LogP contribution in [-0.2, 0) is 12.6 Å². The highest BCUT2D eigenvalue weighted by Gasteiger charge is 2.35. The Kier molecular flexibility index (Phi) is 4.37. The monoisotopic (exact) mass is 443 g/mol. The maximum Gasteiger partial charge on any atom is 0.416 e. The van der Waals surface area contributed by atoms with E-state index in [1.165, 1.54) is 36.6 Å². The molecule has 0 fully saturated rings. The van der Waals surface area contributed by atoms with E-state index in [4.69, 9.17) is 5.73 Å². The normalized spacial score (nSPS) is 16.0. The second kappa shape index (κ2) is 6.91. The number of hydrogen-bond acceptors (Lipinski definition) is 4. The zero-order valence-electron chi connectivity index (χ0n) is 16.8. The standard InChI is InChI=1S/C22H17F4N5O/c1-30(17-5-2-11-6-12(22(24,25)26)3-4-13(11)17)21(32)14-7-18-16(8-15(14)23)29-20(27)19-9-28-10-31(18)19/h3-4,6-10,17H,2,5H2,1H3,(H2,27,29). The van der Waals surface area contributed by atoms with Gasteiger partial charge in [0.15, 0.2) is 0 Å². The molecule has 0 radical (unpaired) electrons. The number of nitrogens with two attached hydrogens (primary N) is 1. The average molecular weight is 443 g/mol. The van der Waals surface area contributed by atoms with Gasteiger partial charge in [0.2, 0.25) is 0 Å². The van der Waals surface area contributed by atoms with Gasteiger partial charge in [-0.15, -0.1) is 0 Å². The summed E-state index contributed by atoms with van der Waals surface area (Å²) < 4.78 is 55.6. The minimum absolute atomic E-state index is 0.165. The van der Waals surface area contributed by atoms with Gasteiger partial charge in [0.25, 0.3) is 5.91 Å². The number of amides is 1. The minimum atomic E-state index is -4.43. The van der Waals surface area contributed by atoms with Crippen molar-refractivity contribution in [3.05, 3.63) is 70.9 Å². The lowest BCUT2D eigenvalue weighted by atomic mass is 10.0. The predicted octanol–water partition coefficient (Wildman–Crippen LogP) is 4.38. The summed E-state index contributed by atoms with van der Waals surface area (Å²) in [6, 6.07) is 5.62. The van der Waals surface area contributed by atoms with Gasteiger partial charge in [0.1, 0.15) is 17.2 Å². The summed E-state index contributed by atoms with van der Waals surface area (Å²) in [4.78, 5) is 22.8. The Morgan fingerprint density at radius 3 is 2.75 bits per heavy atom. The van der Waals surface area contributed by atoms with Crippen molar-refractivity contribution in [2.24, 2.45) is 0 Å². The molecule has 1 unspecified atom stereocenters. The minimum Gasteiger partial charge on any atom is -0.382 e. The van der Waals surface area contributed by atoms with E-state index >= 15 is 0 Å². The molecular formula is C22H17F4N5O. The van der Waals surface area contributed by atoms with Crippen molar-refractivity contribution in [2.45, 2.75) is 25.1 Å². The Morgan fingerprint density at radius 1 is 1.22 bits per heavy atom. The Bertz CT molecular complexity index is 1390. The van der Waals surface area contributed by atoms with Gasteiger partial charge in [-0.3, -0.25) is 9.20 Å². The molecule has 32 heavy (non-hydrogen) atoms. The molecule has 5 rings (SSSR count). The van der Waals surface area contributed by atoms with Crippen molar-refractivity contribution in [1.29, 1.82) is 0 Å². The van der Waals surface area contributed by atoms with Crippen LogP contribution in [-0.4, -0.2) is 32.2 Å². The van der Waals surface area contributed by atoms with Gasteiger partial charge >= 0.3 is 6.18 Å². The number of carbonyl (C=O) groups excluding carboxylic acids is 1. The van der Waals surface area contributed by atoms with Crippen LogP contribution in [0.5, 0.6) is 0 Å². The van der Waals surface area contributed by atoms with Crippen LogP contribution in [0.25, 0.3) is 16.6 Å². The van der Waals surface area contributed by atoms with Crippen LogP contribution >= 0.6 is 0 Å². The number of aryl methyl sites for hydroxylation is 1. The lowest BCUT2D eigenvalue weighted by Crippen LogP contribution is -2.31. The molecule has 6 nitrogen and oxygen atoms in total. The van der Waals surface area contributed by atoms with Crippen LogP contribution in [0.15, 0.2) is 42.9 Å². The van der Waals surface area contributed by atoms with E-state index in [1.807, 2.05) is 0 Å². The van der Waals surface area contributed by atoms with Crippen LogP contribution in [0.2, 0.25) is 0 Å². The average Bonchev–Trinajstić information content (AvgIpc) is 3.39. The molecule has 0 bridgehead atoms. The summed E-state index contributed by atoms with van der Waals surface area (Å²) in [6.07, 6.45) is -0.557. The lowest BCUT2D eigenvalue weighted by Gasteiger charge is -2.26. The second-order valence-corrected chi connectivity index (χ2v) is 7.85. The van der Waals surface area contributed by atoms with E-state index in [-0.39, 0.29) is 16.9 Å². The summed E-state index contributed by atoms with van der Waals surface area (Å²) in [5, 5.41) is 0. The van der Waals surface area contributed by atoms with Crippen molar-refractivity contribution in [2.75, 3.05) is 12.8 Å². The molecule has 4 aromatic rings. The third-order valence-electron chi connectivity index (χ3n) is 6.00. The van der Waals surface area contributed by atoms with Gasteiger partial charge < -0.3 is 10.6 Å². The van der Waals surface area contributed by atoms with E-state index in [9.17, 15) is 22.4 Å². The summed E-state index contributed by atoms with van der Waals surface area (Å²) in [5.41, 5.74) is 7.46. The second-order valence-electron chi connectivity index (χ2n) is 7.85. The van der Waals surface area contributed by atoms with Crippen molar-refractivity contribution >= 4 is 28.3 Å². The Morgan fingerprint density at radius 2 is 2.00 bits per heavy atom. The molecule has 2 aromatic carbocycles. The fourth-order valence-electron chi connectivity index (χ4n) is 4.37. The highest BCUT2D eigenvalue weighted by atomic mass is 19.4. The number of imidazole rings is 1. The van der Waals surface area contributed by atoms with Crippen LogP contribution in [0.1, 0.15) is 39.5 Å². The first-order valence-corrected chi connectivity index (χ1v) is 9.83. The molecule has 0 saturated carbocycles. The van der Waals surface area contributed by atoms with Crippen molar-refractivity contribution < 1.29 is 22.4 Å². The smallest absolute Gasteiger partial charge is 0.382 e. The largest absolute Gasteiger partial charge is 0.416 e. The lowest BCUT2D eigenvalue weighted by molar-refractivity contribution is -0.137. The van der Waals surface area contributed by atoms with Gasteiger partial charge in [-0.1, -0.05) is 6.07 Å². The van der Waals surface area contributed by atoms with Crippen molar-refractivity contribution in [1.82, 2.24) is 19.3 Å². The van der Waals surface area contributed by atoms with Crippen LogP contribution in [0, 0.1) is 5.82 Å². The number of nitrogens with zero attached hydrogens (tertiary/aromatic N) is 4. The van der Waals surface area contributed by atoms with E-state index in [0.717, 1.165) is 18.2 Å². The summed E-state index contributed by atoms with van der Waals surface area (Å²) in [7, 11) is 1.53. The first-order valence-electron chi connectivity index (χ1n) is 9.83. The highest BCUT2D eigenvalue weighted by molar-refractivity contribution is 5.98. The Balaban J connectivity index is 1.53. The Hall–Kier alpha value is -3.69. The molecule has 1 aliphatic carbocycles. The summed E-state index contributed by atoms with van der Waals surface area (Å²) in [6.45, 7) is 0. The molecule has 2 N–H and O–H groups in total. The van der Waals surface area contributed by atoms with Gasteiger partial charge in [-0.25, -0.2) is 14.4 Å². The molecule has 2 heterocycles. The fraction of sp³-hybridized carbons (Fsp3) is 0.227.